The van der Waals surface area contributed by atoms with Crippen LogP contribution in [0.15, 0.2) is 42.5 Å². The van der Waals surface area contributed by atoms with E-state index in [0.717, 1.165) is 5.56 Å². The van der Waals surface area contributed by atoms with Crippen molar-refractivity contribution in [3.8, 4) is 17.2 Å². The van der Waals surface area contributed by atoms with Crippen molar-refractivity contribution in [1.82, 2.24) is 4.90 Å². The number of rotatable bonds is 7. The first-order valence-electron chi connectivity index (χ1n) is 8.92. The van der Waals surface area contributed by atoms with Crippen molar-refractivity contribution >= 4 is 11.9 Å². The number of hydrogen-bond acceptors (Lipinski definition) is 6. The molecule has 0 N–H and O–H groups in total. The van der Waals surface area contributed by atoms with Crippen LogP contribution in [0.25, 0.3) is 0 Å². The Bertz CT molecular complexity index is 866. The van der Waals surface area contributed by atoms with Gasteiger partial charge in [0.1, 0.15) is 5.75 Å². The molecule has 0 bridgehead atoms. The van der Waals surface area contributed by atoms with Crippen LogP contribution in [0.4, 0.5) is 0 Å². The van der Waals surface area contributed by atoms with Gasteiger partial charge in [0, 0.05) is 13.1 Å². The molecular formula is C21H23NO6. The summed E-state index contributed by atoms with van der Waals surface area (Å²) in [6.07, 6.45) is 0. The fourth-order valence-corrected chi connectivity index (χ4v) is 3.08. The third-order valence-corrected chi connectivity index (χ3v) is 4.53. The fourth-order valence-electron chi connectivity index (χ4n) is 3.08. The average molecular weight is 385 g/mol. The molecule has 1 amide bonds. The molecule has 2 aromatic carbocycles. The number of carbonyl (C=O) groups excluding carboxylic acids is 2. The molecule has 7 heteroatoms. The number of benzene rings is 2. The van der Waals surface area contributed by atoms with E-state index < -0.39 is 5.92 Å². The molecular weight excluding hydrogens is 362 g/mol. The van der Waals surface area contributed by atoms with Gasteiger partial charge in [-0.3, -0.25) is 9.59 Å². The number of carbonyl (C=O) groups is 2. The summed E-state index contributed by atoms with van der Waals surface area (Å²) in [5, 5.41) is 0. The van der Waals surface area contributed by atoms with Gasteiger partial charge in [0.2, 0.25) is 6.79 Å². The lowest BCUT2D eigenvalue weighted by Gasteiger charge is -2.26. The molecule has 0 radical (unpaired) electrons. The minimum absolute atomic E-state index is 0.183. The summed E-state index contributed by atoms with van der Waals surface area (Å²) in [5.41, 5.74) is 1.30. The second kappa shape index (κ2) is 8.65. The molecule has 2 aromatic rings. The predicted octanol–water partition coefficient (Wildman–Crippen LogP) is 2.88. The Labute approximate surface area is 163 Å². The maximum absolute atomic E-state index is 13.2. The Morgan fingerprint density at radius 1 is 1.11 bits per heavy atom. The highest BCUT2D eigenvalue weighted by molar-refractivity contribution is 5.97. The predicted molar refractivity (Wildman–Crippen MR) is 101 cm³/mol. The largest absolute Gasteiger partial charge is 0.496 e. The number of fused-ring (bicyclic) bond motifs is 1. The van der Waals surface area contributed by atoms with E-state index in [9.17, 15) is 9.59 Å². The van der Waals surface area contributed by atoms with Gasteiger partial charge < -0.3 is 23.8 Å². The molecule has 0 saturated carbocycles. The topological polar surface area (TPSA) is 74.3 Å². The Morgan fingerprint density at radius 3 is 2.61 bits per heavy atom. The number of methoxy groups -OCH3 is 2. The molecule has 1 heterocycles. The van der Waals surface area contributed by atoms with Gasteiger partial charge in [-0.1, -0.05) is 25.1 Å². The number of ether oxygens (including phenoxy) is 4. The zero-order valence-electron chi connectivity index (χ0n) is 16.1. The summed E-state index contributed by atoms with van der Waals surface area (Å²) in [7, 11) is 2.86. The fraction of sp³-hybridized carbons (Fsp3) is 0.333. The van der Waals surface area contributed by atoms with Crippen LogP contribution in [0.1, 0.15) is 22.8 Å². The normalized spacial score (nSPS) is 13.0. The van der Waals surface area contributed by atoms with E-state index in [2.05, 4.69) is 0 Å². The molecule has 0 aliphatic carbocycles. The number of amides is 1. The van der Waals surface area contributed by atoms with E-state index in [1.165, 1.54) is 14.2 Å². The second-order valence-corrected chi connectivity index (χ2v) is 6.50. The lowest BCUT2D eigenvalue weighted by Crippen LogP contribution is -2.37. The minimum atomic E-state index is -0.474. The molecule has 28 heavy (non-hydrogen) atoms. The molecule has 1 atom stereocenters. The highest BCUT2D eigenvalue weighted by atomic mass is 16.7. The van der Waals surface area contributed by atoms with Crippen molar-refractivity contribution in [2.24, 2.45) is 5.92 Å². The molecule has 0 fully saturated rings. The molecule has 0 spiro atoms. The first-order valence-corrected chi connectivity index (χ1v) is 8.92. The van der Waals surface area contributed by atoms with Crippen LogP contribution in [0.2, 0.25) is 0 Å². The lowest BCUT2D eigenvalue weighted by atomic mass is 10.1. The number of para-hydroxylation sites is 1. The molecule has 7 nitrogen and oxygen atoms in total. The minimum Gasteiger partial charge on any atom is -0.496 e. The lowest BCUT2D eigenvalue weighted by molar-refractivity contribution is -0.145. The van der Waals surface area contributed by atoms with Gasteiger partial charge in [0.05, 0.1) is 25.7 Å². The second-order valence-electron chi connectivity index (χ2n) is 6.50. The van der Waals surface area contributed by atoms with Crippen molar-refractivity contribution in [1.29, 1.82) is 0 Å². The van der Waals surface area contributed by atoms with Crippen LogP contribution in [-0.2, 0) is 16.1 Å². The first kappa shape index (κ1) is 19.5. The highest BCUT2D eigenvalue weighted by Gasteiger charge is 2.25. The Morgan fingerprint density at radius 2 is 1.86 bits per heavy atom. The van der Waals surface area contributed by atoms with Crippen LogP contribution in [0, 0.1) is 5.92 Å². The molecule has 0 aromatic heterocycles. The SMILES string of the molecule is COC(=O)C(C)CN(Cc1ccc2c(c1)OCO2)C(=O)c1ccccc1OC. The monoisotopic (exact) mass is 385 g/mol. The Balaban J connectivity index is 1.88. The van der Waals surface area contributed by atoms with E-state index in [-0.39, 0.29) is 25.2 Å². The zero-order valence-corrected chi connectivity index (χ0v) is 16.1. The van der Waals surface area contributed by atoms with E-state index in [0.29, 0.717) is 29.4 Å². The van der Waals surface area contributed by atoms with Crippen molar-refractivity contribution in [2.75, 3.05) is 27.6 Å². The quantitative estimate of drug-likeness (QED) is 0.683. The van der Waals surface area contributed by atoms with Gasteiger partial charge in [-0.25, -0.2) is 0 Å². The summed E-state index contributed by atoms with van der Waals surface area (Å²) in [6.45, 7) is 2.42. The van der Waals surface area contributed by atoms with Gasteiger partial charge in [-0.05, 0) is 29.8 Å². The standard InChI is InChI=1S/C21H23NO6/c1-14(21(24)26-3)11-22(20(23)16-6-4-5-7-17(16)25-2)12-15-8-9-18-19(10-15)28-13-27-18/h4-10,14H,11-13H2,1-3H3. The molecule has 3 rings (SSSR count). The van der Waals surface area contributed by atoms with Gasteiger partial charge in [-0.15, -0.1) is 0 Å². The summed E-state index contributed by atoms with van der Waals surface area (Å²) in [6, 6.07) is 12.5. The van der Waals surface area contributed by atoms with Gasteiger partial charge in [0.15, 0.2) is 11.5 Å². The van der Waals surface area contributed by atoms with E-state index in [4.69, 9.17) is 18.9 Å². The summed E-state index contributed by atoms with van der Waals surface area (Å²) in [5.74, 6) is 0.721. The third-order valence-electron chi connectivity index (χ3n) is 4.53. The van der Waals surface area contributed by atoms with E-state index in [1.54, 1.807) is 36.1 Å². The van der Waals surface area contributed by atoms with E-state index >= 15 is 0 Å². The number of nitrogens with zero attached hydrogens (tertiary/aromatic N) is 1. The Kier molecular flexibility index (Phi) is 6.03. The number of esters is 1. The van der Waals surface area contributed by atoms with Gasteiger partial charge in [-0.2, -0.15) is 0 Å². The van der Waals surface area contributed by atoms with Gasteiger partial charge in [0.25, 0.3) is 5.91 Å². The van der Waals surface area contributed by atoms with Crippen molar-refractivity contribution in [2.45, 2.75) is 13.5 Å². The smallest absolute Gasteiger partial charge is 0.310 e. The van der Waals surface area contributed by atoms with Crippen LogP contribution >= 0.6 is 0 Å². The molecule has 0 saturated heterocycles. The maximum Gasteiger partial charge on any atom is 0.310 e. The molecule has 148 valence electrons. The van der Waals surface area contributed by atoms with Gasteiger partial charge >= 0.3 is 5.97 Å². The summed E-state index contributed by atoms with van der Waals surface area (Å²) < 4.78 is 20.9. The van der Waals surface area contributed by atoms with Crippen molar-refractivity contribution < 1.29 is 28.5 Å². The van der Waals surface area contributed by atoms with Crippen molar-refractivity contribution in [3.63, 3.8) is 0 Å². The highest BCUT2D eigenvalue weighted by Crippen LogP contribution is 2.33. The van der Waals surface area contributed by atoms with Crippen LogP contribution in [0.5, 0.6) is 17.2 Å². The summed E-state index contributed by atoms with van der Waals surface area (Å²) in [4.78, 5) is 26.8. The Hall–Kier alpha value is -3.22. The van der Waals surface area contributed by atoms with Crippen LogP contribution in [0.3, 0.4) is 0 Å². The molecule has 1 aliphatic rings. The molecule has 1 unspecified atom stereocenters. The third kappa shape index (κ3) is 4.19. The maximum atomic E-state index is 13.2. The van der Waals surface area contributed by atoms with Crippen molar-refractivity contribution in [3.05, 3.63) is 53.6 Å². The first-order chi connectivity index (χ1) is 13.5. The molecule has 1 aliphatic heterocycles. The van der Waals surface area contributed by atoms with Crippen LogP contribution < -0.4 is 14.2 Å². The number of hydrogen-bond donors (Lipinski definition) is 0. The summed E-state index contributed by atoms with van der Waals surface area (Å²) >= 11 is 0. The zero-order chi connectivity index (χ0) is 20.1. The average Bonchev–Trinajstić information content (AvgIpc) is 3.19. The van der Waals surface area contributed by atoms with Crippen LogP contribution in [-0.4, -0.2) is 44.3 Å². The van der Waals surface area contributed by atoms with E-state index in [1.807, 2.05) is 18.2 Å².